The maximum atomic E-state index is 12.8. The molecule has 2 aromatic carbocycles. The topological polar surface area (TPSA) is 49.4 Å². The van der Waals surface area contributed by atoms with E-state index < -0.39 is 6.04 Å². The Labute approximate surface area is 144 Å². The zero-order valence-electron chi connectivity index (χ0n) is 12.9. The fourth-order valence-corrected chi connectivity index (χ4v) is 2.45. The van der Waals surface area contributed by atoms with Crippen LogP contribution in [0.1, 0.15) is 17.2 Å². The number of carbonyl (C=O) groups is 2. The van der Waals surface area contributed by atoms with Crippen molar-refractivity contribution in [3.63, 3.8) is 0 Å². The summed E-state index contributed by atoms with van der Waals surface area (Å²) in [5.74, 6) is -0.366. The van der Waals surface area contributed by atoms with E-state index in [4.69, 9.17) is 0 Å². The van der Waals surface area contributed by atoms with Crippen molar-refractivity contribution in [2.24, 2.45) is 0 Å². The quantitative estimate of drug-likeness (QED) is 0.790. The standard InChI is InChI=1S/C18H19BrN2O2/c1-21(13-14-8-4-2-5-9-14)18(23)17(20-16(22)12-19)15-10-6-3-7-11-15/h2-11,17H,12-13H2,1H3,(H,20,22)/t17-/m0/s1. The monoisotopic (exact) mass is 374 g/mol. The molecule has 2 aromatic rings. The fraction of sp³-hybridized carbons (Fsp3) is 0.222. The first-order valence-electron chi connectivity index (χ1n) is 7.31. The lowest BCUT2D eigenvalue weighted by atomic mass is 10.1. The SMILES string of the molecule is CN(Cc1ccccc1)C(=O)[C@@H](NC(=O)CBr)c1ccccc1. The van der Waals surface area contributed by atoms with Crippen LogP contribution in [-0.2, 0) is 16.1 Å². The van der Waals surface area contributed by atoms with Gasteiger partial charge in [-0.25, -0.2) is 0 Å². The third kappa shape index (κ3) is 4.93. The molecule has 0 aliphatic carbocycles. The molecule has 2 rings (SSSR count). The van der Waals surface area contributed by atoms with E-state index in [9.17, 15) is 9.59 Å². The third-order valence-corrected chi connectivity index (χ3v) is 3.95. The van der Waals surface area contributed by atoms with Crippen molar-refractivity contribution in [1.82, 2.24) is 10.2 Å². The molecule has 0 aromatic heterocycles. The smallest absolute Gasteiger partial charge is 0.249 e. The highest BCUT2D eigenvalue weighted by molar-refractivity contribution is 9.09. The van der Waals surface area contributed by atoms with Crippen LogP contribution in [0.4, 0.5) is 0 Å². The summed E-state index contributed by atoms with van der Waals surface area (Å²) in [5.41, 5.74) is 1.81. The van der Waals surface area contributed by atoms with Crippen molar-refractivity contribution in [2.45, 2.75) is 12.6 Å². The first-order valence-corrected chi connectivity index (χ1v) is 8.43. The molecule has 0 fully saturated rings. The highest BCUT2D eigenvalue weighted by atomic mass is 79.9. The Balaban J connectivity index is 2.17. The predicted molar refractivity (Wildman–Crippen MR) is 94.0 cm³/mol. The van der Waals surface area contributed by atoms with Gasteiger partial charge in [0.1, 0.15) is 6.04 Å². The van der Waals surface area contributed by atoms with Crippen molar-refractivity contribution in [1.29, 1.82) is 0 Å². The minimum atomic E-state index is -0.685. The molecule has 0 bridgehead atoms. The van der Waals surface area contributed by atoms with Gasteiger partial charge in [0.15, 0.2) is 0 Å². The summed E-state index contributed by atoms with van der Waals surface area (Å²) in [5, 5.41) is 2.93. The first-order chi connectivity index (χ1) is 11.1. The molecule has 5 heteroatoms. The summed E-state index contributed by atoms with van der Waals surface area (Å²) < 4.78 is 0. The van der Waals surface area contributed by atoms with Crippen LogP contribution in [0.3, 0.4) is 0 Å². The molecule has 0 unspecified atom stereocenters. The van der Waals surface area contributed by atoms with Gasteiger partial charge in [-0.2, -0.15) is 0 Å². The maximum absolute atomic E-state index is 12.8. The average Bonchev–Trinajstić information content (AvgIpc) is 2.60. The number of rotatable bonds is 6. The number of hydrogen-bond donors (Lipinski definition) is 1. The molecule has 1 N–H and O–H groups in total. The Hall–Kier alpha value is -2.14. The minimum Gasteiger partial charge on any atom is -0.340 e. The Morgan fingerprint density at radius 3 is 2.17 bits per heavy atom. The number of benzene rings is 2. The second-order valence-corrected chi connectivity index (χ2v) is 5.79. The van der Waals surface area contributed by atoms with E-state index in [1.807, 2.05) is 60.7 Å². The van der Waals surface area contributed by atoms with Crippen molar-refractivity contribution in [3.8, 4) is 0 Å². The van der Waals surface area contributed by atoms with Crippen LogP contribution >= 0.6 is 15.9 Å². The van der Waals surface area contributed by atoms with Crippen LogP contribution in [0.5, 0.6) is 0 Å². The van der Waals surface area contributed by atoms with E-state index in [0.29, 0.717) is 6.54 Å². The summed E-state index contributed by atoms with van der Waals surface area (Å²) >= 11 is 3.12. The van der Waals surface area contributed by atoms with Crippen LogP contribution in [0.25, 0.3) is 0 Å². The lowest BCUT2D eigenvalue weighted by Crippen LogP contribution is -2.41. The van der Waals surface area contributed by atoms with Crippen LogP contribution in [-0.4, -0.2) is 29.1 Å². The van der Waals surface area contributed by atoms with Gasteiger partial charge in [0.25, 0.3) is 0 Å². The van der Waals surface area contributed by atoms with Gasteiger partial charge < -0.3 is 10.2 Å². The van der Waals surface area contributed by atoms with E-state index >= 15 is 0 Å². The molecule has 4 nitrogen and oxygen atoms in total. The zero-order chi connectivity index (χ0) is 16.7. The molecule has 120 valence electrons. The number of halogens is 1. The van der Waals surface area contributed by atoms with Crippen LogP contribution in [0.15, 0.2) is 60.7 Å². The molecule has 0 radical (unpaired) electrons. The molecule has 0 saturated carbocycles. The van der Waals surface area contributed by atoms with E-state index in [0.717, 1.165) is 11.1 Å². The summed E-state index contributed by atoms with van der Waals surface area (Å²) in [6.07, 6.45) is 0. The van der Waals surface area contributed by atoms with Gasteiger partial charge in [0, 0.05) is 13.6 Å². The summed E-state index contributed by atoms with van der Waals surface area (Å²) in [6, 6.07) is 18.3. The molecule has 0 heterocycles. The number of nitrogens with one attached hydrogen (secondary N) is 1. The van der Waals surface area contributed by atoms with Crippen LogP contribution < -0.4 is 5.32 Å². The van der Waals surface area contributed by atoms with E-state index in [1.165, 1.54) is 0 Å². The number of nitrogens with zero attached hydrogens (tertiary/aromatic N) is 1. The molecule has 0 saturated heterocycles. The summed E-state index contributed by atoms with van der Waals surface area (Å²) in [6.45, 7) is 0.493. The normalized spacial score (nSPS) is 11.6. The fourth-order valence-electron chi connectivity index (χ4n) is 2.29. The lowest BCUT2D eigenvalue weighted by molar-refractivity contribution is -0.135. The van der Waals surface area contributed by atoms with Gasteiger partial charge in [-0.1, -0.05) is 76.6 Å². The van der Waals surface area contributed by atoms with E-state index in [1.54, 1.807) is 11.9 Å². The van der Waals surface area contributed by atoms with Crippen molar-refractivity contribution in [2.75, 3.05) is 12.4 Å². The van der Waals surface area contributed by atoms with Crippen LogP contribution in [0, 0.1) is 0 Å². The Morgan fingerprint density at radius 2 is 1.61 bits per heavy atom. The van der Waals surface area contributed by atoms with Gasteiger partial charge in [-0.05, 0) is 11.1 Å². The van der Waals surface area contributed by atoms with E-state index in [-0.39, 0.29) is 17.1 Å². The van der Waals surface area contributed by atoms with Crippen molar-refractivity contribution < 1.29 is 9.59 Å². The average molecular weight is 375 g/mol. The Morgan fingerprint density at radius 1 is 1.04 bits per heavy atom. The highest BCUT2D eigenvalue weighted by Crippen LogP contribution is 2.17. The van der Waals surface area contributed by atoms with Crippen molar-refractivity contribution >= 4 is 27.7 Å². The number of likely N-dealkylation sites (N-methyl/N-ethyl adjacent to an activating group) is 1. The van der Waals surface area contributed by atoms with Gasteiger partial charge in [0.05, 0.1) is 5.33 Å². The number of hydrogen-bond acceptors (Lipinski definition) is 2. The Kier molecular flexibility index (Phi) is 6.35. The van der Waals surface area contributed by atoms with Gasteiger partial charge in [0.2, 0.25) is 11.8 Å². The second kappa shape index (κ2) is 8.48. The highest BCUT2D eigenvalue weighted by Gasteiger charge is 2.25. The molecule has 23 heavy (non-hydrogen) atoms. The van der Waals surface area contributed by atoms with Crippen molar-refractivity contribution in [3.05, 3.63) is 71.8 Å². The minimum absolute atomic E-state index is 0.144. The summed E-state index contributed by atoms with van der Waals surface area (Å²) in [4.78, 5) is 26.2. The third-order valence-electron chi connectivity index (χ3n) is 3.45. The second-order valence-electron chi connectivity index (χ2n) is 5.22. The molecular weight excluding hydrogens is 356 g/mol. The summed E-state index contributed by atoms with van der Waals surface area (Å²) in [7, 11) is 1.74. The van der Waals surface area contributed by atoms with Gasteiger partial charge >= 0.3 is 0 Å². The van der Waals surface area contributed by atoms with Gasteiger partial charge in [-0.15, -0.1) is 0 Å². The molecule has 0 spiro atoms. The molecule has 2 amide bonds. The zero-order valence-corrected chi connectivity index (χ0v) is 14.5. The predicted octanol–water partition coefficient (Wildman–Crippen LogP) is 2.90. The molecule has 0 aliphatic heterocycles. The maximum Gasteiger partial charge on any atom is 0.249 e. The first kappa shape index (κ1) is 17.2. The molecular formula is C18H19BrN2O2. The molecule has 0 aliphatic rings. The van der Waals surface area contributed by atoms with E-state index in [2.05, 4.69) is 21.2 Å². The largest absolute Gasteiger partial charge is 0.340 e. The lowest BCUT2D eigenvalue weighted by Gasteiger charge is -2.25. The Bertz CT molecular complexity index is 647. The number of amides is 2. The molecule has 1 atom stereocenters. The number of alkyl halides is 1. The number of carbonyl (C=O) groups excluding carboxylic acids is 2. The van der Waals surface area contributed by atoms with Crippen LogP contribution in [0.2, 0.25) is 0 Å². The van der Waals surface area contributed by atoms with Gasteiger partial charge in [-0.3, -0.25) is 9.59 Å².